The van der Waals surface area contributed by atoms with Gasteiger partial charge in [0.2, 0.25) is 11.7 Å². The van der Waals surface area contributed by atoms with E-state index >= 15 is 0 Å². The van der Waals surface area contributed by atoms with Gasteiger partial charge >= 0.3 is 0 Å². The second-order valence-corrected chi connectivity index (χ2v) is 6.02. The van der Waals surface area contributed by atoms with Crippen molar-refractivity contribution in [2.24, 2.45) is 0 Å². The molecular weight excluding hydrogens is 242 g/mol. The fraction of sp³-hybridized carbons (Fsp3) is 0.857. The molecule has 2 atom stereocenters. The summed E-state index contributed by atoms with van der Waals surface area (Å²) >= 11 is 0. The van der Waals surface area contributed by atoms with Crippen molar-refractivity contribution < 1.29 is 9.26 Å². The summed E-state index contributed by atoms with van der Waals surface area (Å²) in [5.41, 5.74) is -0.336. The highest BCUT2D eigenvalue weighted by Gasteiger charge is 2.41. The van der Waals surface area contributed by atoms with Crippen LogP contribution in [0.15, 0.2) is 4.52 Å². The Morgan fingerprint density at radius 1 is 1.32 bits per heavy atom. The van der Waals surface area contributed by atoms with Crippen LogP contribution in [0.1, 0.15) is 57.7 Å². The van der Waals surface area contributed by atoms with Crippen LogP contribution in [-0.2, 0) is 15.8 Å². The van der Waals surface area contributed by atoms with E-state index in [-0.39, 0.29) is 11.0 Å². The normalized spacial score (nSPS) is 35.7. The number of ether oxygens (including phenoxy) is 1. The molecule has 0 aliphatic carbocycles. The van der Waals surface area contributed by atoms with Crippen LogP contribution in [0, 0.1) is 0 Å². The Balaban J connectivity index is 1.87. The average Bonchev–Trinajstić information content (AvgIpc) is 3.09. The first-order valence-corrected chi connectivity index (χ1v) is 7.38. The minimum Gasteiger partial charge on any atom is -0.367 e. The molecule has 3 heterocycles. The third-order valence-electron chi connectivity index (χ3n) is 4.72. The Morgan fingerprint density at radius 2 is 2.21 bits per heavy atom. The summed E-state index contributed by atoms with van der Waals surface area (Å²) in [6.07, 6.45) is 5.36. The van der Waals surface area contributed by atoms with Gasteiger partial charge in [-0.1, -0.05) is 12.1 Å². The first-order valence-electron chi connectivity index (χ1n) is 7.38. The largest absolute Gasteiger partial charge is 0.367 e. The predicted molar refractivity (Wildman–Crippen MR) is 70.9 cm³/mol. The summed E-state index contributed by atoms with van der Waals surface area (Å²) in [4.78, 5) is 4.69. The Morgan fingerprint density at radius 3 is 2.84 bits per heavy atom. The Hall–Kier alpha value is -0.940. The molecule has 3 rings (SSSR count). The van der Waals surface area contributed by atoms with Gasteiger partial charge in [0.1, 0.15) is 5.60 Å². The second kappa shape index (κ2) is 4.87. The molecular formula is C14H23N3O2. The van der Waals surface area contributed by atoms with Crippen molar-refractivity contribution in [2.75, 3.05) is 19.7 Å². The zero-order chi connectivity index (χ0) is 13.3. The summed E-state index contributed by atoms with van der Waals surface area (Å²) in [5, 5.41) is 7.65. The maximum atomic E-state index is 5.79. The lowest BCUT2D eigenvalue weighted by Gasteiger charge is -2.33. The summed E-state index contributed by atoms with van der Waals surface area (Å²) < 4.78 is 11.4. The highest BCUT2D eigenvalue weighted by Crippen LogP contribution is 2.37. The molecule has 0 radical (unpaired) electrons. The number of aromatic nitrogens is 2. The fourth-order valence-corrected chi connectivity index (χ4v) is 3.21. The molecule has 2 aliphatic rings. The number of piperidine rings is 1. The van der Waals surface area contributed by atoms with Crippen molar-refractivity contribution >= 4 is 0 Å². The van der Waals surface area contributed by atoms with E-state index in [4.69, 9.17) is 9.26 Å². The van der Waals surface area contributed by atoms with Crippen LogP contribution in [0.3, 0.4) is 0 Å². The van der Waals surface area contributed by atoms with E-state index in [0.29, 0.717) is 0 Å². The second-order valence-electron chi connectivity index (χ2n) is 6.02. The van der Waals surface area contributed by atoms with E-state index in [0.717, 1.165) is 57.1 Å². The van der Waals surface area contributed by atoms with Crippen molar-refractivity contribution in [1.82, 2.24) is 15.5 Å². The van der Waals surface area contributed by atoms with Crippen molar-refractivity contribution in [3.05, 3.63) is 11.7 Å². The zero-order valence-electron chi connectivity index (χ0n) is 11.9. The lowest BCUT2D eigenvalue weighted by atomic mass is 9.78. The Labute approximate surface area is 114 Å². The van der Waals surface area contributed by atoms with E-state index in [9.17, 15) is 0 Å². The summed E-state index contributed by atoms with van der Waals surface area (Å²) in [7, 11) is 0. The standard InChI is InChI=1S/C14H23N3O2/c1-3-14(7-4-8-15-10-14)12-16-11(17-19-12)13(2)6-5-9-18-13/h15H,3-10H2,1-2H3. The van der Waals surface area contributed by atoms with Gasteiger partial charge in [0.25, 0.3) is 0 Å². The molecule has 2 fully saturated rings. The van der Waals surface area contributed by atoms with E-state index < -0.39 is 0 Å². The number of hydrogen-bond acceptors (Lipinski definition) is 5. The molecule has 2 aliphatic heterocycles. The van der Waals surface area contributed by atoms with E-state index in [1.165, 1.54) is 6.42 Å². The quantitative estimate of drug-likeness (QED) is 0.907. The Bertz CT molecular complexity index is 432. The van der Waals surface area contributed by atoms with Crippen LogP contribution in [0.2, 0.25) is 0 Å². The fourth-order valence-electron chi connectivity index (χ4n) is 3.21. The van der Waals surface area contributed by atoms with Crippen LogP contribution in [0.4, 0.5) is 0 Å². The van der Waals surface area contributed by atoms with E-state index in [2.05, 4.69) is 29.3 Å². The van der Waals surface area contributed by atoms with Gasteiger partial charge in [-0.15, -0.1) is 0 Å². The van der Waals surface area contributed by atoms with Crippen LogP contribution in [0.5, 0.6) is 0 Å². The predicted octanol–water partition coefficient (Wildman–Crippen LogP) is 2.13. The summed E-state index contributed by atoms with van der Waals surface area (Å²) in [6.45, 7) is 7.07. The van der Waals surface area contributed by atoms with Gasteiger partial charge in [-0.3, -0.25) is 0 Å². The third-order valence-corrected chi connectivity index (χ3v) is 4.72. The lowest BCUT2D eigenvalue weighted by Crippen LogP contribution is -2.43. The molecule has 1 aromatic heterocycles. The average molecular weight is 265 g/mol. The van der Waals surface area contributed by atoms with Crippen molar-refractivity contribution in [1.29, 1.82) is 0 Å². The van der Waals surface area contributed by atoms with Crippen LogP contribution in [-0.4, -0.2) is 29.8 Å². The maximum absolute atomic E-state index is 5.79. The number of rotatable bonds is 3. The molecule has 2 unspecified atom stereocenters. The molecule has 0 spiro atoms. The highest BCUT2D eigenvalue weighted by atomic mass is 16.5. The molecule has 0 bridgehead atoms. The lowest BCUT2D eigenvalue weighted by molar-refractivity contribution is 0.00768. The molecule has 1 N–H and O–H groups in total. The molecule has 5 heteroatoms. The molecule has 0 aromatic carbocycles. The summed E-state index contributed by atoms with van der Waals surface area (Å²) in [6, 6.07) is 0. The van der Waals surface area contributed by atoms with Crippen molar-refractivity contribution in [3.63, 3.8) is 0 Å². The molecule has 0 amide bonds. The third kappa shape index (κ3) is 2.19. The van der Waals surface area contributed by atoms with Gasteiger partial charge in [-0.25, -0.2) is 0 Å². The van der Waals surface area contributed by atoms with Crippen molar-refractivity contribution in [3.8, 4) is 0 Å². The summed E-state index contributed by atoms with van der Waals surface area (Å²) in [5.74, 6) is 1.51. The maximum Gasteiger partial charge on any atom is 0.234 e. The first kappa shape index (κ1) is 13.1. The van der Waals surface area contributed by atoms with Gasteiger partial charge in [-0.2, -0.15) is 4.98 Å². The molecule has 1 aromatic rings. The molecule has 0 saturated carbocycles. The van der Waals surface area contributed by atoms with E-state index in [1.807, 2.05) is 0 Å². The first-order chi connectivity index (χ1) is 9.19. The van der Waals surface area contributed by atoms with Crippen LogP contribution < -0.4 is 5.32 Å². The minimum absolute atomic E-state index is 0.0124. The van der Waals surface area contributed by atoms with Crippen LogP contribution >= 0.6 is 0 Å². The number of hydrogen-bond donors (Lipinski definition) is 1. The van der Waals surface area contributed by atoms with Gasteiger partial charge in [0.05, 0.1) is 5.41 Å². The van der Waals surface area contributed by atoms with Crippen LogP contribution in [0.25, 0.3) is 0 Å². The zero-order valence-corrected chi connectivity index (χ0v) is 11.9. The molecule has 2 saturated heterocycles. The smallest absolute Gasteiger partial charge is 0.234 e. The minimum atomic E-state index is -0.348. The topological polar surface area (TPSA) is 60.2 Å². The molecule has 5 nitrogen and oxygen atoms in total. The van der Waals surface area contributed by atoms with Gasteiger partial charge in [-0.05, 0) is 45.6 Å². The number of nitrogens with zero attached hydrogens (tertiary/aromatic N) is 2. The van der Waals surface area contributed by atoms with Gasteiger partial charge in [0, 0.05) is 13.2 Å². The molecule has 106 valence electrons. The number of nitrogens with one attached hydrogen (secondary N) is 1. The highest BCUT2D eigenvalue weighted by molar-refractivity contribution is 5.11. The monoisotopic (exact) mass is 265 g/mol. The SMILES string of the molecule is CCC1(c2nc(C3(C)CCCO3)no2)CCCNC1. The molecule has 19 heavy (non-hydrogen) atoms. The Kier molecular flexibility index (Phi) is 3.35. The van der Waals surface area contributed by atoms with Gasteiger partial charge in [0.15, 0.2) is 0 Å². The van der Waals surface area contributed by atoms with E-state index in [1.54, 1.807) is 0 Å². The van der Waals surface area contributed by atoms with Gasteiger partial charge < -0.3 is 14.6 Å². The van der Waals surface area contributed by atoms with Crippen molar-refractivity contribution in [2.45, 2.75) is 57.0 Å².